The van der Waals surface area contributed by atoms with Gasteiger partial charge in [-0.3, -0.25) is 4.98 Å². The van der Waals surface area contributed by atoms with Crippen LogP contribution in [0.4, 0.5) is 0 Å². The van der Waals surface area contributed by atoms with Crippen LogP contribution in [0.15, 0.2) is 6.33 Å². The summed E-state index contributed by atoms with van der Waals surface area (Å²) in [6.45, 7) is 1.91. The molecule has 0 aliphatic rings. The van der Waals surface area contributed by atoms with Crippen molar-refractivity contribution >= 4 is 22.6 Å². The quantitative estimate of drug-likeness (QED) is 0.575. The molecule has 12 heavy (non-hydrogen) atoms. The van der Waals surface area contributed by atoms with Crippen LogP contribution in [0, 0.1) is 13.1 Å². The zero-order valence-corrected chi connectivity index (χ0v) is 10.0. The number of nitrogens with zero attached hydrogens (tertiary/aromatic N) is 2. The maximum Gasteiger partial charge on any atom is 0.103 e. The van der Waals surface area contributed by atoms with Gasteiger partial charge in [-0.15, -0.1) is 11.8 Å². The number of halogens is 1. The molecular formula is C7H5ClN3Y-. The molecule has 5 heteroatoms. The SMILES string of the molecule is Cc1[c-][nH]c2ncnc(Cl)c12.[Y]. The van der Waals surface area contributed by atoms with Gasteiger partial charge in [-0.1, -0.05) is 23.9 Å². The molecule has 0 atom stereocenters. The summed E-state index contributed by atoms with van der Waals surface area (Å²) in [5.41, 5.74) is 1.69. The van der Waals surface area contributed by atoms with E-state index in [1.54, 1.807) is 0 Å². The molecule has 0 spiro atoms. The van der Waals surface area contributed by atoms with Crippen LogP contribution in [0.25, 0.3) is 11.0 Å². The molecule has 0 bridgehead atoms. The molecule has 2 aromatic rings. The average molecular weight is 255 g/mol. The monoisotopic (exact) mass is 255 g/mol. The second-order valence-corrected chi connectivity index (χ2v) is 2.62. The van der Waals surface area contributed by atoms with Crippen LogP contribution >= 0.6 is 11.6 Å². The zero-order valence-electron chi connectivity index (χ0n) is 6.43. The summed E-state index contributed by atoms with van der Waals surface area (Å²) in [4.78, 5) is 10.7. The van der Waals surface area contributed by atoms with Crippen LogP contribution in [0.3, 0.4) is 0 Å². The van der Waals surface area contributed by atoms with Crippen molar-refractivity contribution in [2.45, 2.75) is 6.92 Å². The van der Waals surface area contributed by atoms with Gasteiger partial charge in [0.05, 0.1) is 5.15 Å². The summed E-state index contributed by atoms with van der Waals surface area (Å²) in [6, 6.07) is 0. The Morgan fingerprint density at radius 3 is 2.92 bits per heavy atom. The van der Waals surface area contributed by atoms with E-state index >= 15 is 0 Å². The summed E-state index contributed by atoms with van der Waals surface area (Å²) in [7, 11) is 0. The minimum Gasteiger partial charge on any atom is -0.462 e. The number of aromatic amines is 1. The Morgan fingerprint density at radius 2 is 2.25 bits per heavy atom. The van der Waals surface area contributed by atoms with Gasteiger partial charge < -0.3 is 4.98 Å². The van der Waals surface area contributed by atoms with Crippen molar-refractivity contribution in [1.82, 2.24) is 15.0 Å². The summed E-state index contributed by atoms with van der Waals surface area (Å²) in [6.07, 6.45) is 4.33. The second kappa shape index (κ2) is 3.82. The van der Waals surface area contributed by atoms with Crippen LogP contribution in [0.2, 0.25) is 5.15 Å². The number of aryl methyl sites for hydroxylation is 1. The first-order valence-corrected chi connectivity index (χ1v) is 3.53. The Labute approximate surface area is 99.8 Å². The molecule has 0 fully saturated rings. The van der Waals surface area contributed by atoms with Crippen molar-refractivity contribution in [2.75, 3.05) is 0 Å². The van der Waals surface area contributed by atoms with Crippen molar-refractivity contribution in [1.29, 1.82) is 0 Å². The standard InChI is InChI=1S/C7H5ClN3.Y/c1-4-2-9-7-5(4)6(8)10-3-11-7;/h3H,1H3,(H,9,10,11);/q-1;. The fraction of sp³-hybridized carbons (Fsp3) is 0.143. The molecule has 2 rings (SSSR count). The zero-order chi connectivity index (χ0) is 7.84. The molecule has 0 saturated carbocycles. The Morgan fingerprint density at radius 1 is 1.50 bits per heavy atom. The van der Waals surface area contributed by atoms with Gasteiger partial charge in [0.25, 0.3) is 0 Å². The summed E-state index contributed by atoms with van der Waals surface area (Å²) < 4.78 is 0. The molecular weight excluding hydrogens is 250 g/mol. The maximum atomic E-state index is 5.81. The van der Waals surface area contributed by atoms with E-state index in [9.17, 15) is 0 Å². The van der Waals surface area contributed by atoms with E-state index < -0.39 is 0 Å². The Hall–Kier alpha value is 0.0139. The molecule has 1 N–H and O–H groups in total. The molecule has 3 nitrogen and oxygen atoms in total. The second-order valence-electron chi connectivity index (χ2n) is 2.26. The normalized spacial score (nSPS) is 9.83. The van der Waals surface area contributed by atoms with Crippen molar-refractivity contribution in [3.05, 3.63) is 23.2 Å². The largest absolute Gasteiger partial charge is 0.462 e. The van der Waals surface area contributed by atoms with Gasteiger partial charge in [-0.25, -0.2) is 4.98 Å². The molecule has 0 unspecified atom stereocenters. The third-order valence-corrected chi connectivity index (χ3v) is 1.83. The van der Waals surface area contributed by atoms with Gasteiger partial charge in [-0.2, -0.15) is 0 Å². The Bertz CT molecular complexity index is 398. The molecule has 0 amide bonds. The number of hydrogen-bond acceptors (Lipinski definition) is 2. The maximum absolute atomic E-state index is 5.81. The molecule has 1 radical (unpaired) electrons. The van der Waals surface area contributed by atoms with Gasteiger partial charge in [-0.05, 0) is 5.65 Å². The van der Waals surface area contributed by atoms with Gasteiger partial charge in [0.2, 0.25) is 0 Å². The first kappa shape index (κ1) is 10.1. The van der Waals surface area contributed by atoms with Crippen molar-refractivity contribution in [2.24, 2.45) is 0 Å². The van der Waals surface area contributed by atoms with Crippen LogP contribution < -0.4 is 0 Å². The van der Waals surface area contributed by atoms with Crippen molar-refractivity contribution < 1.29 is 32.7 Å². The van der Waals surface area contributed by atoms with Crippen molar-refractivity contribution in [3.8, 4) is 0 Å². The predicted octanol–water partition coefficient (Wildman–Crippen LogP) is 1.72. The van der Waals surface area contributed by atoms with Gasteiger partial charge in [0, 0.05) is 32.7 Å². The number of nitrogens with one attached hydrogen (secondary N) is 1. The molecule has 0 aromatic carbocycles. The summed E-state index contributed by atoms with van der Waals surface area (Å²) in [5.74, 6) is 0. The molecule has 2 aromatic heterocycles. The van der Waals surface area contributed by atoms with Crippen molar-refractivity contribution in [3.63, 3.8) is 0 Å². The molecule has 2 heterocycles. The fourth-order valence-electron chi connectivity index (χ4n) is 1.01. The van der Waals surface area contributed by atoms with E-state index in [2.05, 4.69) is 21.1 Å². The first-order valence-electron chi connectivity index (χ1n) is 3.15. The smallest absolute Gasteiger partial charge is 0.103 e. The van der Waals surface area contributed by atoms with E-state index in [0.29, 0.717) is 5.15 Å². The number of aromatic nitrogens is 3. The molecule has 59 valence electrons. The third kappa shape index (κ3) is 1.54. The van der Waals surface area contributed by atoms with Crippen LogP contribution in [0.5, 0.6) is 0 Å². The van der Waals surface area contributed by atoms with Crippen LogP contribution in [-0.2, 0) is 32.7 Å². The third-order valence-electron chi connectivity index (χ3n) is 1.54. The topological polar surface area (TPSA) is 41.6 Å². The van der Waals surface area contributed by atoms with Gasteiger partial charge >= 0.3 is 0 Å². The number of fused-ring (bicyclic) bond motifs is 1. The minimum atomic E-state index is 0. The Kier molecular flexibility index (Phi) is 3.21. The van der Waals surface area contributed by atoms with Crippen LogP contribution in [0.1, 0.15) is 5.56 Å². The van der Waals surface area contributed by atoms with E-state index in [4.69, 9.17) is 11.6 Å². The van der Waals surface area contributed by atoms with E-state index in [1.165, 1.54) is 6.33 Å². The van der Waals surface area contributed by atoms with Gasteiger partial charge in [0.15, 0.2) is 0 Å². The average Bonchev–Trinajstić information content (AvgIpc) is 2.34. The fourth-order valence-corrected chi connectivity index (χ4v) is 1.28. The summed E-state index contributed by atoms with van der Waals surface area (Å²) >= 11 is 5.81. The molecule has 0 aliphatic heterocycles. The molecule has 0 aliphatic carbocycles. The molecule has 0 saturated heterocycles. The predicted molar refractivity (Wildman–Crippen MR) is 42.5 cm³/mol. The number of rotatable bonds is 0. The number of hydrogen-bond donors (Lipinski definition) is 1. The van der Waals surface area contributed by atoms with E-state index in [1.807, 2.05) is 6.92 Å². The van der Waals surface area contributed by atoms with Crippen LogP contribution in [-0.4, -0.2) is 15.0 Å². The first-order chi connectivity index (χ1) is 5.29. The van der Waals surface area contributed by atoms with Gasteiger partial charge in [0.1, 0.15) is 6.33 Å². The minimum absolute atomic E-state index is 0. The Balaban J connectivity index is 0.000000720. The van der Waals surface area contributed by atoms with E-state index in [-0.39, 0.29) is 32.7 Å². The summed E-state index contributed by atoms with van der Waals surface area (Å²) in [5, 5.41) is 1.33. The number of H-pyrrole nitrogens is 1. The van der Waals surface area contributed by atoms with E-state index in [0.717, 1.165) is 16.6 Å².